The minimum Gasteiger partial charge on any atom is -0.339 e. The van der Waals surface area contributed by atoms with Crippen molar-refractivity contribution in [3.8, 4) is 0 Å². The number of anilines is 1. The summed E-state index contributed by atoms with van der Waals surface area (Å²) in [5.74, 6) is -0.292. The Morgan fingerprint density at radius 3 is 2.37 bits per heavy atom. The van der Waals surface area contributed by atoms with Crippen LogP contribution >= 0.6 is 47.0 Å². The van der Waals surface area contributed by atoms with Crippen molar-refractivity contribution < 1.29 is 4.79 Å². The summed E-state index contributed by atoms with van der Waals surface area (Å²) in [5, 5.41) is 8.84. The lowest BCUT2D eigenvalue weighted by atomic mass is 10.1. The first kappa shape index (κ1) is 21.8. The first-order chi connectivity index (χ1) is 12.6. The minimum atomic E-state index is -1.79. The second-order valence-corrected chi connectivity index (χ2v) is 8.90. The highest BCUT2D eigenvalue weighted by Crippen LogP contribution is 2.29. The predicted octanol–water partition coefficient (Wildman–Crippen LogP) is 4.65. The summed E-state index contributed by atoms with van der Waals surface area (Å²) in [5.41, 5.74) is 3.80. The molecular formula is C19H20Cl3N3OS. The molecule has 0 aliphatic heterocycles. The Balaban J connectivity index is 2.02. The summed E-state index contributed by atoms with van der Waals surface area (Å²) in [6.45, 7) is 3.94. The van der Waals surface area contributed by atoms with Crippen molar-refractivity contribution in [2.24, 2.45) is 0 Å². The van der Waals surface area contributed by atoms with Crippen LogP contribution in [0.25, 0.3) is 0 Å². The van der Waals surface area contributed by atoms with E-state index < -0.39 is 9.96 Å². The molecule has 0 aromatic heterocycles. The van der Waals surface area contributed by atoms with E-state index in [1.165, 1.54) is 0 Å². The third kappa shape index (κ3) is 7.18. The van der Waals surface area contributed by atoms with Gasteiger partial charge in [-0.3, -0.25) is 4.79 Å². The quantitative estimate of drug-likeness (QED) is 0.357. The molecule has 0 saturated heterocycles. The first-order valence-electron chi connectivity index (χ1n) is 8.20. The highest BCUT2D eigenvalue weighted by Gasteiger charge is 2.34. The normalized spacial score (nSPS) is 12.2. The zero-order valence-electron chi connectivity index (χ0n) is 14.9. The number of thiocarbonyl (C=S) groups is 1. The number of rotatable bonds is 5. The van der Waals surface area contributed by atoms with Gasteiger partial charge in [-0.05, 0) is 48.8 Å². The van der Waals surface area contributed by atoms with Crippen molar-refractivity contribution >= 4 is 63.7 Å². The number of halogens is 3. The predicted molar refractivity (Wildman–Crippen MR) is 118 cm³/mol. The fourth-order valence-electron chi connectivity index (χ4n) is 2.35. The van der Waals surface area contributed by atoms with Gasteiger partial charge in [0.1, 0.15) is 6.17 Å². The van der Waals surface area contributed by atoms with Crippen LogP contribution in [0.1, 0.15) is 16.7 Å². The number of hydrogen-bond acceptors (Lipinski definition) is 2. The van der Waals surface area contributed by atoms with E-state index in [1.54, 1.807) is 0 Å². The number of amides is 1. The van der Waals surface area contributed by atoms with Gasteiger partial charge in [0, 0.05) is 5.69 Å². The Kier molecular flexibility index (Phi) is 7.74. The maximum Gasteiger partial charge on any atom is 0.228 e. The van der Waals surface area contributed by atoms with Gasteiger partial charge in [0.2, 0.25) is 9.70 Å². The Labute approximate surface area is 179 Å². The molecule has 0 saturated carbocycles. The van der Waals surface area contributed by atoms with Crippen molar-refractivity contribution in [1.29, 1.82) is 0 Å². The Morgan fingerprint density at radius 1 is 1.07 bits per heavy atom. The molecule has 0 spiro atoms. The number of alkyl halides is 3. The van der Waals surface area contributed by atoms with Gasteiger partial charge in [0.05, 0.1) is 6.42 Å². The molecule has 3 N–H and O–H groups in total. The van der Waals surface area contributed by atoms with E-state index in [1.807, 2.05) is 62.4 Å². The molecule has 0 aliphatic rings. The molecule has 0 aliphatic carbocycles. The van der Waals surface area contributed by atoms with Gasteiger partial charge in [-0.25, -0.2) is 0 Å². The van der Waals surface area contributed by atoms with E-state index >= 15 is 0 Å². The highest BCUT2D eigenvalue weighted by molar-refractivity contribution is 7.80. The van der Waals surface area contributed by atoms with Crippen molar-refractivity contribution in [3.05, 3.63) is 65.2 Å². The average Bonchev–Trinajstić information content (AvgIpc) is 2.57. The van der Waals surface area contributed by atoms with Crippen LogP contribution in [0.5, 0.6) is 0 Å². The number of carbonyl (C=O) groups is 1. The highest BCUT2D eigenvalue weighted by atomic mass is 35.6. The second kappa shape index (κ2) is 9.60. The largest absolute Gasteiger partial charge is 0.339 e. The van der Waals surface area contributed by atoms with Gasteiger partial charge < -0.3 is 16.0 Å². The number of benzene rings is 2. The third-order valence-electron chi connectivity index (χ3n) is 3.76. The molecule has 0 heterocycles. The summed E-state index contributed by atoms with van der Waals surface area (Å²) < 4.78 is -1.79. The fourth-order valence-corrected chi connectivity index (χ4v) is 2.91. The van der Waals surface area contributed by atoms with Gasteiger partial charge in [0.25, 0.3) is 0 Å². The third-order valence-corrected chi connectivity index (χ3v) is 4.63. The van der Waals surface area contributed by atoms with Crippen LogP contribution in [-0.2, 0) is 11.2 Å². The molecule has 1 atom stereocenters. The molecule has 0 radical (unpaired) electrons. The van der Waals surface area contributed by atoms with E-state index in [2.05, 4.69) is 16.0 Å². The van der Waals surface area contributed by atoms with Gasteiger partial charge in [-0.2, -0.15) is 0 Å². The van der Waals surface area contributed by atoms with Crippen molar-refractivity contribution in [2.45, 2.75) is 30.2 Å². The zero-order chi connectivity index (χ0) is 20.0. The van der Waals surface area contributed by atoms with Crippen LogP contribution in [0.15, 0.2) is 48.5 Å². The minimum absolute atomic E-state index is 0.164. The molecular weight excluding hydrogens is 425 g/mol. The van der Waals surface area contributed by atoms with Crippen molar-refractivity contribution in [2.75, 3.05) is 5.32 Å². The van der Waals surface area contributed by atoms with Gasteiger partial charge in [0.15, 0.2) is 5.11 Å². The van der Waals surface area contributed by atoms with Crippen LogP contribution in [-0.4, -0.2) is 21.0 Å². The molecule has 0 unspecified atom stereocenters. The smallest absolute Gasteiger partial charge is 0.228 e. The lowest BCUT2D eigenvalue weighted by Gasteiger charge is -2.28. The number of nitrogens with one attached hydrogen (secondary N) is 3. The lowest BCUT2D eigenvalue weighted by Crippen LogP contribution is -2.56. The van der Waals surface area contributed by atoms with Crippen LogP contribution in [0, 0.1) is 13.8 Å². The van der Waals surface area contributed by atoms with Crippen LogP contribution in [0.2, 0.25) is 0 Å². The second-order valence-electron chi connectivity index (χ2n) is 6.12. The topological polar surface area (TPSA) is 53.2 Å². The molecule has 2 rings (SSSR count). The van der Waals surface area contributed by atoms with Crippen molar-refractivity contribution in [1.82, 2.24) is 10.6 Å². The van der Waals surface area contributed by atoms with Crippen molar-refractivity contribution in [3.63, 3.8) is 0 Å². The average molecular weight is 445 g/mol. The SMILES string of the molecule is Cc1ccc(C)c(NC(=S)N[C@@H](NC(=O)Cc2ccccc2)C(Cl)(Cl)Cl)c1. The monoisotopic (exact) mass is 443 g/mol. The maximum atomic E-state index is 12.3. The van der Waals surface area contributed by atoms with E-state index in [9.17, 15) is 4.79 Å². The lowest BCUT2D eigenvalue weighted by molar-refractivity contribution is -0.121. The van der Waals surface area contributed by atoms with E-state index in [0.717, 1.165) is 22.4 Å². The molecule has 27 heavy (non-hydrogen) atoms. The standard InChI is InChI=1S/C19H20Cl3N3OS/c1-12-8-9-13(2)15(10-12)23-18(27)25-17(19(20,21)22)24-16(26)11-14-6-4-3-5-7-14/h3-10,17H,11H2,1-2H3,(H,24,26)(H2,23,25,27)/t17-/m1/s1. The zero-order valence-corrected chi connectivity index (χ0v) is 17.9. The molecule has 4 nitrogen and oxygen atoms in total. The van der Waals surface area contributed by atoms with Gasteiger partial charge in [-0.1, -0.05) is 77.3 Å². The summed E-state index contributed by atoms with van der Waals surface area (Å²) in [6, 6.07) is 15.2. The summed E-state index contributed by atoms with van der Waals surface area (Å²) >= 11 is 23.4. The molecule has 0 fully saturated rings. The van der Waals surface area contributed by atoms with Crippen LogP contribution in [0.3, 0.4) is 0 Å². The molecule has 144 valence electrons. The Bertz CT molecular complexity index is 810. The number of carbonyl (C=O) groups excluding carboxylic acids is 1. The first-order valence-corrected chi connectivity index (χ1v) is 9.74. The van der Waals surface area contributed by atoms with E-state index in [4.69, 9.17) is 47.0 Å². The van der Waals surface area contributed by atoms with Gasteiger partial charge >= 0.3 is 0 Å². The van der Waals surface area contributed by atoms with Crippen LogP contribution < -0.4 is 16.0 Å². The fraction of sp³-hybridized carbons (Fsp3) is 0.263. The summed E-state index contributed by atoms with van der Waals surface area (Å²) in [7, 11) is 0. The molecule has 0 bridgehead atoms. The Hall–Kier alpha value is -1.53. The summed E-state index contributed by atoms with van der Waals surface area (Å²) in [4.78, 5) is 12.3. The molecule has 2 aromatic rings. The van der Waals surface area contributed by atoms with E-state index in [-0.39, 0.29) is 17.4 Å². The van der Waals surface area contributed by atoms with Crippen LogP contribution in [0.4, 0.5) is 5.69 Å². The van der Waals surface area contributed by atoms with E-state index in [0.29, 0.717) is 0 Å². The number of hydrogen-bond donors (Lipinski definition) is 3. The summed E-state index contributed by atoms with van der Waals surface area (Å²) in [6.07, 6.45) is -0.833. The maximum absolute atomic E-state index is 12.3. The Morgan fingerprint density at radius 2 is 1.74 bits per heavy atom. The molecule has 1 amide bonds. The molecule has 8 heteroatoms. The number of aryl methyl sites for hydroxylation is 2. The molecule has 2 aromatic carbocycles. The van der Waals surface area contributed by atoms with Gasteiger partial charge in [-0.15, -0.1) is 0 Å².